The first-order chi connectivity index (χ1) is 9.08. The monoisotopic (exact) mass is 284 g/mol. The molecule has 6 heteroatoms. The molecule has 0 radical (unpaired) electrons. The molecule has 3 atom stereocenters. The van der Waals surface area contributed by atoms with E-state index >= 15 is 0 Å². The molecule has 1 fully saturated rings. The minimum Gasteiger partial charge on any atom is -0.454 e. The molecule has 0 aromatic heterocycles. The molecule has 5 nitrogen and oxygen atoms in total. The lowest BCUT2D eigenvalue weighted by Gasteiger charge is -2.02. The molecule has 1 aromatic rings. The van der Waals surface area contributed by atoms with Gasteiger partial charge < -0.3 is 14.6 Å². The summed E-state index contributed by atoms with van der Waals surface area (Å²) in [6.45, 7) is 1.73. The summed E-state index contributed by atoms with van der Waals surface area (Å²) >= 11 is 0. The third-order valence-electron chi connectivity index (χ3n) is 3.91. The van der Waals surface area contributed by atoms with Crippen LogP contribution in [0, 0.1) is 5.92 Å². The van der Waals surface area contributed by atoms with E-state index in [1.807, 2.05) is 12.1 Å². The van der Waals surface area contributed by atoms with E-state index in [9.17, 15) is 13.5 Å². The van der Waals surface area contributed by atoms with Crippen molar-refractivity contribution in [1.29, 1.82) is 0 Å². The third-order valence-corrected chi connectivity index (χ3v) is 6.18. The number of aliphatic hydroxyl groups excluding tert-OH is 1. The highest BCUT2D eigenvalue weighted by molar-refractivity contribution is 7.92. The van der Waals surface area contributed by atoms with Crippen LogP contribution in [0.2, 0.25) is 0 Å². The van der Waals surface area contributed by atoms with Crippen LogP contribution in [-0.2, 0) is 9.84 Å². The highest BCUT2D eigenvalue weighted by Crippen LogP contribution is 2.53. The van der Waals surface area contributed by atoms with Crippen molar-refractivity contribution in [1.82, 2.24) is 0 Å². The number of fused-ring (bicyclic) bond motifs is 1. The van der Waals surface area contributed by atoms with Crippen molar-refractivity contribution in [3.05, 3.63) is 23.8 Å². The highest BCUT2D eigenvalue weighted by atomic mass is 32.2. The van der Waals surface area contributed by atoms with E-state index < -0.39 is 15.1 Å². The van der Waals surface area contributed by atoms with Crippen LogP contribution in [0.4, 0.5) is 0 Å². The maximum atomic E-state index is 12.0. The summed E-state index contributed by atoms with van der Waals surface area (Å²) in [6.07, 6.45) is 0. The average Bonchev–Trinajstić information content (AvgIpc) is 2.99. The van der Waals surface area contributed by atoms with Crippen LogP contribution in [0.3, 0.4) is 0 Å². The molecule has 3 rings (SSSR count). The Morgan fingerprint density at radius 1 is 1.32 bits per heavy atom. The summed E-state index contributed by atoms with van der Waals surface area (Å²) in [7, 11) is -3.13. The van der Waals surface area contributed by atoms with Gasteiger partial charge >= 0.3 is 0 Å². The molecule has 0 spiro atoms. The summed E-state index contributed by atoms with van der Waals surface area (Å²) < 4.78 is 34.5. The minimum absolute atomic E-state index is 0.106. The Morgan fingerprint density at radius 2 is 2.05 bits per heavy atom. The fraction of sp³-hybridized carbons (Fsp3) is 0.538. The summed E-state index contributed by atoms with van der Waals surface area (Å²) in [5.41, 5.74) is 0.894. The normalized spacial score (nSPS) is 28.4. The number of ether oxygens (including phenoxy) is 2. The third kappa shape index (κ3) is 1.99. The maximum absolute atomic E-state index is 12.0. The van der Waals surface area contributed by atoms with Crippen molar-refractivity contribution in [3.8, 4) is 11.5 Å². The van der Waals surface area contributed by atoms with Crippen LogP contribution in [0.5, 0.6) is 11.5 Å². The second kappa shape index (κ2) is 4.38. The summed E-state index contributed by atoms with van der Waals surface area (Å²) in [5.74, 6) is 1.10. The van der Waals surface area contributed by atoms with E-state index in [1.165, 1.54) is 0 Å². The average molecular weight is 284 g/mol. The highest BCUT2D eigenvalue weighted by Gasteiger charge is 2.57. The van der Waals surface area contributed by atoms with E-state index in [0.717, 1.165) is 5.56 Å². The molecular weight excluding hydrogens is 268 g/mol. The van der Waals surface area contributed by atoms with Crippen LogP contribution in [0.25, 0.3) is 0 Å². The molecule has 104 valence electrons. The molecule has 0 saturated heterocycles. The van der Waals surface area contributed by atoms with Crippen molar-refractivity contribution in [2.45, 2.75) is 18.1 Å². The molecular formula is C13H16O5S. The minimum atomic E-state index is -3.13. The first kappa shape index (κ1) is 12.7. The molecule has 0 unspecified atom stereocenters. The van der Waals surface area contributed by atoms with Crippen molar-refractivity contribution >= 4 is 9.84 Å². The van der Waals surface area contributed by atoms with Gasteiger partial charge in [0, 0.05) is 24.2 Å². The zero-order chi connectivity index (χ0) is 13.6. The molecule has 0 bridgehead atoms. The van der Waals surface area contributed by atoms with Gasteiger partial charge in [-0.15, -0.1) is 0 Å². The molecule has 1 aromatic carbocycles. The fourth-order valence-electron chi connectivity index (χ4n) is 2.80. The van der Waals surface area contributed by atoms with E-state index in [0.29, 0.717) is 11.5 Å². The molecule has 1 saturated carbocycles. The van der Waals surface area contributed by atoms with Gasteiger partial charge in [-0.3, -0.25) is 0 Å². The molecule has 0 amide bonds. The van der Waals surface area contributed by atoms with E-state index in [-0.39, 0.29) is 31.0 Å². The number of hydrogen-bond acceptors (Lipinski definition) is 5. The van der Waals surface area contributed by atoms with Crippen LogP contribution in [0.15, 0.2) is 18.2 Å². The van der Waals surface area contributed by atoms with Crippen molar-refractivity contribution in [3.63, 3.8) is 0 Å². The number of hydrogen-bond donors (Lipinski definition) is 1. The van der Waals surface area contributed by atoms with Crippen LogP contribution >= 0.6 is 0 Å². The summed E-state index contributed by atoms with van der Waals surface area (Å²) in [5, 5.41) is 8.87. The second-order valence-electron chi connectivity index (χ2n) is 4.90. The lowest BCUT2D eigenvalue weighted by atomic mass is 10.1. The molecule has 1 heterocycles. The SMILES string of the molecule is CCS(=O)(=O)[C@@H]1[C@H](CO)[C@@H]1c1ccc2c(c1)OCO2. The number of aliphatic hydroxyl groups is 1. The zero-order valence-electron chi connectivity index (χ0n) is 10.6. The van der Waals surface area contributed by atoms with Gasteiger partial charge in [-0.25, -0.2) is 8.42 Å². The Balaban J connectivity index is 1.91. The lowest BCUT2D eigenvalue weighted by molar-refractivity contribution is 0.174. The van der Waals surface area contributed by atoms with Crippen LogP contribution < -0.4 is 9.47 Å². The smallest absolute Gasteiger partial charge is 0.231 e. The number of sulfone groups is 1. The van der Waals surface area contributed by atoms with Crippen molar-refractivity contribution < 1.29 is 23.0 Å². The van der Waals surface area contributed by atoms with E-state index in [1.54, 1.807) is 13.0 Å². The molecule has 1 aliphatic heterocycles. The Labute approximate surface area is 112 Å². The fourth-order valence-corrected chi connectivity index (χ4v) is 4.69. The van der Waals surface area contributed by atoms with Crippen molar-refractivity contribution in [2.24, 2.45) is 5.92 Å². The maximum Gasteiger partial charge on any atom is 0.231 e. The van der Waals surface area contributed by atoms with Gasteiger partial charge in [0.15, 0.2) is 21.3 Å². The Bertz CT molecular complexity index is 595. The molecule has 1 N–H and O–H groups in total. The largest absolute Gasteiger partial charge is 0.454 e. The first-order valence-corrected chi connectivity index (χ1v) is 8.02. The molecule has 19 heavy (non-hydrogen) atoms. The van der Waals surface area contributed by atoms with E-state index in [2.05, 4.69) is 0 Å². The topological polar surface area (TPSA) is 72.8 Å². The van der Waals surface area contributed by atoms with Gasteiger partial charge in [0.25, 0.3) is 0 Å². The van der Waals surface area contributed by atoms with E-state index in [4.69, 9.17) is 9.47 Å². The predicted octanol–water partition coefficient (Wildman–Crippen LogP) is 0.924. The van der Waals surface area contributed by atoms with Gasteiger partial charge in [-0.05, 0) is 17.7 Å². The molecule has 1 aliphatic carbocycles. The standard InChI is InChI=1S/C13H16O5S/c1-2-19(15,16)13-9(6-14)12(13)8-3-4-10-11(5-8)18-7-17-10/h3-5,9,12-14H,2,6-7H2,1H3/t9-,12+,13-/m1/s1. The number of benzene rings is 1. The summed E-state index contributed by atoms with van der Waals surface area (Å²) in [4.78, 5) is 0. The quantitative estimate of drug-likeness (QED) is 0.890. The Kier molecular flexibility index (Phi) is 2.94. The Hall–Kier alpha value is -1.27. The van der Waals surface area contributed by atoms with Gasteiger partial charge in [0.1, 0.15) is 0 Å². The van der Waals surface area contributed by atoms with Gasteiger partial charge in [-0.2, -0.15) is 0 Å². The summed E-state index contributed by atoms with van der Waals surface area (Å²) in [6, 6.07) is 5.47. The molecule has 2 aliphatic rings. The first-order valence-electron chi connectivity index (χ1n) is 6.30. The lowest BCUT2D eigenvalue weighted by Crippen LogP contribution is -2.13. The zero-order valence-corrected chi connectivity index (χ0v) is 11.4. The van der Waals surface area contributed by atoms with Crippen molar-refractivity contribution in [2.75, 3.05) is 19.2 Å². The van der Waals surface area contributed by atoms with Crippen LogP contribution in [-0.4, -0.2) is 37.9 Å². The van der Waals surface area contributed by atoms with Gasteiger partial charge in [-0.1, -0.05) is 13.0 Å². The van der Waals surface area contributed by atoms with Gasteiger partial charge in [0.05, 0.1) is 5.25 Å². The predicted molar refractivity (Wildman–Crippen MR) is 69.1 cm³/mol. The van der Waals surface area contributed by atoms with Crippen LogP contribution in [0.1, 0.15) is 18.4 Å². The number of rotatable bonds is 4. The van der Waals surface area contributed by atoms with Gasteiger partial charge in [0.2, 0.25) is 6.79 Å². The Morgan fingerprint density at radius 3 is 2.74 bits per heavy atom. The second-order valence-corrected chi connectivity index (χ2v) is 7.35.